The van der Waals surface area contributed by atoms with E-state index in [1.165, 1.54) is 9.99 Å². The van der Waals surface area contributed by atoms with Crippen LogP contribution < -0.4 is 5.31 Å². The van der Waals surface area contributed by atoms with Gasteiger partial charge in [0.25, 0.3) is 5.82 Å². The van der Waals surface area contributed by atoms with Crippen LogP contribution in [0.15, 0.2) is 6.33 Å². The van der Waals surface area contributed by atoms with Gasteiger partial charge in [0.05, 0.1) is 6.04 Å². The minimum absolute atomic E-state index is 0.00676. The topological polar surface area (TPSA) is 42.7 Å². The molecule has 2 fully saturated rings. The Labute approximate surface area is 91.3 Å². The molecule has 3 rings (SSSR count). The standard InChI is InChI=1S/C9H11F3N4/c10-9(11,12)7-14-5-16(15-7)6-1-8(2-6)3-13-4-8/h5-6,13H,1-4H2/i/hD. The molecule has 1 aliphatic carbocycles. The van der Waals surface area contributed by atoms with Crippen molar-refractivity contribution in [2.24, 2.45) is 5.41 Å². The van der Waals surface area contributed by atoms with Crippen molar-refractivity contribution in [2.75, 3.05) is 13.1 Å². The van der Waals surface area contributed by atoms with Gasteiger partial charge in [-0.2, -0.15) is 13.2 Å². The minimum Gasteiger partial charge on any atom is -0.316 e. The third-order valence-electron chi connectivity index (χ3n) is 3.37. The number of nitrogens with zero attached hydrogens (tertiary/aromatic N) is 3. The number of halogens is 3. The third-order valence-corrected chi connectivity index (χ3v) is 3.37. The molecule has 7 heteroatoms. The van der Waals surface area contributed by atoms with E-state index in [9.17, 15) is 13.2 Å². The summed E-state index contributed by atoms with van der Waals surface area (Å²) in [5.41, 5.74) is 0.150. The second-order valence-corrected chi connectivity index (χ2v) is 4.65. The minimum atomic E-state index is -4.47. The Balaban J connectivity index is 1.66. The second kappa shape index (κ2) is 2.97. The summed E-state index contributed by atoms with van der Waals surface area (Å²) >= 11 is 0. The van der Waals surface area contributed by atoms with Crippen molar-refractivity contribution in [2.45, 2.75) is 25.1 Å². The monoisotopic (exact) mass is 233 g/mol. The van der Waals surface area contributed by atoms with Crippen molar-refractivity contribution < 1.29 is 14.6 Å². The van der Waals surface area contributed by atoms with Gasteiger partial charge in [0.1, 0.15) is 7.74 Å². The van der Waals surface area contributed by atoms with Gasteiger partial charge in [-0.05, 0) is 18.3 Å². The fourth-order valence-electron chi connectivity index (χ4n) is 2.39. The summed E-state index contributed by atoms with van der Waals surface area (Å²) in [5.74, 6) is -1.07. The van der Waals surface area contributed by atoms with Crippen LogP contribution in [0.25, 0.3) is 0 Å². The van der Waals surface area contributed by atoms with Crippen LogP contribution in [0.2, 0.25) is 1.41 Å². The molecule has 0 amide bonds. The molecule has 16 heavy (non-hydrogen) atoms. The molecule has 2 heterocycles. The summed E-state index contributed by atoms with van der Waals surface area (Å²) in [6, 6.07) is 0.00676. The Morgan fingerprint density at radius 1 is 1.50 bits per heavy atom. The zero-order valence-electron chi connectivity index (χ0n) is 9.41. The molecule has 0 atom stereocenters. The second-order valence-electron chi connectivity index (χ2n) is 4.65. The van der Waals surface area contributed by atoms with Gasteiger partial charge in [0, 0.05) is 13.1 Å². The lowest BCUT2D eigenvalue weighted by Crippen LogP contribution is -2.60. The van der Waals surface area contributed by atoms with Crippen molar-refractivity contribution in [3.8, 4) is 0 Å². The molecule has 0 aromatic carbocycles. The Bertz CT molecular complexity index is 430. The SMILES string of the molecule is [2H]N1CC2(CC(n3cnc(C(F)(F)F)n3)C2)C1. The summed E-state index contributed by atoms with van der Waals surface area (Å²) in [6.07, 6.45) is -1.73. The number of nitrogens with one attached hydrogen (secondary N) is 1. The van der Waals surface area contributed by atoms with Crippen molar-refractivity contribution in [1.29, 1.82) is 0 Å². The molecule has 1 aromatic rings. The smallest absolute Gasteiger partial charge is 0.316 e. The zero-order chi connectivity index (χ0) is 12.3. The molecule has 1 N–H and O–H groups in total. The van der Waals surface area contributed by atoms with Gasteiger partial charge >= 0.3 is 6.18 Å². The molecule has 2 aliphatic rings. The fourth-order valence-corrected chi connectivity index (χ4v) is 2.39. The number of rotatable bonds is 1. The van der Waals surface area contributed by atoms with Crippen LogP contribution in [0.3, 0.4) is 0 Å². The molecule has 4 nitrogen and oxygen atoms in total. The third kappa shape index (κ3) is 1.41. The van der Waals surface area contributed by atoms with Gasteiger partial charge in [0.15, 0.2) is 0 Å². The molecular weight excluding hydrogens is 221 g/mol. The summed E-state index contributed by atoms with van der Waals surface area (Å²) in [4.78, 5) is 3.28. The maximum atomic E-state index is 12.3. The molecule has 1 aromatic heterocycles. The van der Waals surface area contributed by atoms with E-state index in [0.29, 0.717) is 13.1 Å². The highest BCUT2D eigenvalue weighted by atomic mass is 19.4. The Hall–Kier alpha value is -1.11. The quantitative estimate of drug-likeness (QED) is 0.793. The zero-order valence-corrected chi connectivity index (χ0v) is 8.41. The summed E-state index contributed by atoms with van der Waals surface area (Å²) < 4.78 is 45.5. The maximum absolute atomic E-state index is 12.3. The number of hydrogen-bond acceptors (Lipinski definition) is 3. The van der Waals surface area contributed by atoms with Gasteiger partial charge in [-0.25, -0.2) is 9.67 Å². The Kier molecular flexibility index (Phi) is 1.66. The molecular formula is C9H11F3N4. The fraction of sp³-hybridized carbons (Fsp3) is 0.778. The number of alkyl halides is 3. The number of hydrogen-bond donors (Lipinski definition) is 1. The molecule has 1 saturated carbocycles. The van der Waals surface area contributed by atoms with Gasteiger partial charge in [0.2, 0.25) is 0 Å². The van der Waals surface area contributed by atoms with Crippen molar-refractivity contribution in [1.82, 2.24) is 20.1 Å². The molecule has 1 aliphatic heterocycles. The molecule has 0 radical (unpaired) electrons. The van der Waals surface area contributed by atoms with Crippen LogP contribution in [0.4, 0.5) is 13.2 Å². The number of aromatic nitrogens is 3. The highest BCUT2D eigenvalue weighted by Gasteiger charge is 2.50. The first kappa shape index (κ1) is 8.98. The Morgan fingerprint density at radius 2 is 2.19 bits per heavy atom. The van der Waals surface area contributed by atoms with Crippen LogP contribution in [-0.4, -0.2) is 27.9 Å². The normalized spacial score (nSPS) is 26.3. The molecule has 88 valence electrons. The Morgan fingerprint density at radius 3 is 2.69 bits per heavy atom. The highest BCUT2D eigenvalue weighted by Crippen LogP contribution is 2.50. The van der Waals surface area contributed by atoms with Gasteiger partial charge in [-0.1, -0.05) is 0 Å². The largest absolute Gasteiger partial charge is 0.453 e. The van der Waals surface area contributed by atoms with Gasteiger partial charge in [-0.15, -0.1) is 5.10 Å². The lowest BCUT2D eigenvalue weighted by molar-refractivity contribution is -0.145. The van der Waals surface area contributed by atoms with Crippen LogP contribution in [0.5, 0.6) is 0 Å². The lowest BCUT2D eigenvalue weighted by Gasteiger charge is -2.54. The van der Waals surface area contributed by atoms with E-state index in [1.807, 2.05) is 0 Å². The van der Waals surface area contributed by atoms with Crippen molar-refractivity contribution >= 4 is 0 Å². The average Bonchev–Trinajstić information content (AvgIpc) is 2.56. The van der Waals surface area contributed by atoms with E-state index in [2.05, 4.69) is 10.1 Å². The van der Waals surface area contributed by atoms with E-state index < -0.39 is 12.0 Å². The summed E-state index contributed by atoms with van der Waals surface area (Å²) in [5, 5.41) is 4.94. The lowest BCUT2D eigenvalue weighted by atomic mass is 9.62. The summed E-state index contributed by atoms with van der Waals surface area (Å²) in [6.45, 7) is 1.43. The predicted octanol–water partition coefficient (Wildman–Crippen LogP) is 1.22. The van der Waals surface area contributed by atoms with Crippen molar-refractivity contribution in [3.63, 3.8) is 0 Å². The van der Waals surface area contributed by atoms with Crippen LogP contribution in [-0.2, 0) is 6.18 Å². The predicted molar refractivity (Wildman–Crippen MR) is 48.6 cm³/mol. The van der Waals surface area contributed by atoms with E-state index in [4.69, 9.17) is 1.41 Å². The van der Waals surface area contributed by atoms with Gasteiger partial charge in [-0.3, -0.25) is 0 Å². The van der Waals surface area contributed by atoms with Gasteiger partial charge < -0.3 is 5.31 Å². The maximum Gasteiger partial charge on any atom is 0.453 e. The molecule has 0 bridgehead atoms. The first-order chi connectivity index (χ1) is 7.88. The molecule has 0 unspecified atom stereocenters. The first-order valence-electron chi connectivity index (χ1n) is 5.55. The van der Waals surface area contributed by atoms with Crippen LogP contribution >= 0.6 is 0 Å². The molecule has 1 spiro atoms. The van der Waals surface area contributed by atoms with Crippen molar-refractivity contribution in [3.05, 3.63) is 12.2 Å². The van der Waals surface area contributed by atoms with E-state index >= 15 is 0 Å². The molecule has 1 saturated heterocycles. The average molecular weight is 233 g/mol. The van der Waals surface area contributed by atoms with Crippen LogP contribution in [0, 0.1) is 5.41 Å². The van der Waals surface area contributed by atoms with Crippen LogP contribution in [0.1, 0.15) is 24.7 Å². The first-order valence-corrected chi connectivity index (χ1v) is 5.10. The van der Waals surface area contributed by atoms with E-state index in [0.717, 1.165) is 19.2 Å². The van der Waals surface area contributed by atoms with E-state index in [1.54, 1.807) is 0 Å². The van der Waals surface area contributed by atoms with E-state index in [-0.39, 0.29) is 11.5 Å². The summed E-state index contributed by atoms with van der Waals surface area (Å²) in [7, 11) is 0. The highest BCUT2D eigenvalue weighted by molar-refractivity contribution is 5.05.